The molecule has 2 unspecified atom stereocenters. The lowest BCUT2D eigenvalue weighted by atomic mass is 9.83. The standard InChI is InChI=1S/C16H25NO3S/c1-4-19-15(18)16(17-11-13-6-5-9-21-13)7-8-20-14(10-16)12(2)3/h5-6,9,12,14,17H,4,7-8,10-11H2,1-3H3. The predicted octanol–water partition coefficient (Wildman–Crippen LogP) is 2.97. The smallest absolute Gasteiger partial charge is 0.326 e. The maximum absolute atomic E-state index is 12.5. The molecule has 0 saturated carbocycles. The minimum Gasteiger partial charge on any atom is -0.465 e. The van der Waals surface area contributed by atoms with E-state index >= 15 is 0 Å². The Labute approximate surface area is 130 Å². The fraction of sp³-hybridized carbons (Fsp3) is 0.688. The molecule has 1 saturated heterocycles. The molecule has 0 radical (unpaired) electrons. The van der Waals surface area contributed by atoms with E-state index in [9.17, 15) is 4.79 Å². The van der Waals surface area contributed by atoms with Gasteiger partial charge in [0.05, 0.1) is 12.7 Å². The average Bonchev–Trinajstić information content (AvgIpc) is 2.99. The van der Waals surface area contributed by atoms with Crippen molar-refractivity contribution in [2.75, 3.05) is 13.2 Å². The maximum atomic E-state index is 12.5. The number of carbonyl (C=O) groups excluding carboxylic acids is 1. The van der Waals surface area contributed by atoms with Crippen molar-refractivity contribution in [3.05, 3.63) is 22.4 Å². The van der Waals surface area contributed by atoms with Gasteiger partial charge in [-0.05, 0) is 30.7 Å². The quantitative estimate of drug-likeness (QED) is 0.821. The summed E-state index contributed by atoms with van der Waals surface area (Å²) >= 11 is 1.70. The Morgan fingerprint density at radius 1 is 1.62 bits per heavy atom. The first-order valence-corrected chi connectivity index (χ1v) is 8.51. The second-order valence-corrected chi connectivity index (χ2v) is 6.88. The van der Waals surface area contributed by atoms with Crippen molar-refractivity contribution in [3.8, 4) is 0 Å². The van der Waals surface area contributed by atoms with Crippen molar-refractivity contribution in [3.63, 3.8) is 0 Å². The van der Waals surface area contributed by atoms with Crippen molar-refractivity contribution >= 4 is 17.3 Å². The third-order valence-corrected chi connectivity index (χ3v) is 4.88. The van der Waals surface area contributed by atoms with Crippen LogP contribution in [0.2, 0.25) is 0 Å². The lowest BCUT2D eigenvalue weighted by Crippen LogP contribution is -2.58. The summed E-state index contributed by atoms with van der Waals surface area (Å²) in [7, 11) is 0. The lowest BCUT2D eigenvalue weighted by Gasteiger charge is -2.40. The van der Waals surface area contributed by atoms with E-state index in [0.717, 1.165) is 0 Å². The third kappa shape index (κ3) is 4.05. The molecular formula is C16H25NO3S. The molecule has 1 N–H and O–H groups in total. The molecule has 118 valence electrons. The Kier molecular flexibility index (Phi) is 5.79. The van der Waals surface area contributed by atoms with Gasteiger partial charge in [-0.2, -0.15) is 0 Å². The van der Waals surface area contributed by atoms with Gasteiger partial charge in [0.25, 0.3) is 0 Å². The van der Waals surface area contributed by atoms with Crippen LogP contribution in [0.1, 0.15) is 38.5 Å². The summed E-state index contributed by atoms with van der Waals surface area (Å²) < 4.78 is 11.1. The molecule has 1 fully saturated rings. The molecule has 5 heteroatoms. The fourth-order valence-electron chi connectivity index (χ4n) is 2.67. The van der Waals surface area contributed by atoms with Crippen molar-refractivity contribution < 1.29 is 14.3 Å². The van der Waals surface area contributed by atoms with Crippen molar-refractivity contribution in [2.45, 2.75) is 51.8 Å². The molecule has 1 aromatic heterocycles. The zero-order valence-corrected chi connectivity index (χ0v) is 13.9. The van der Waals surface area contributed by atoms with Gasteiger partial charge in [0, 0.05) is 24.4 Å². The Morgan fingerprint density at radius 2 is 2.43 bits per heavy atom. The number of carbonyl (C=O) groups is 1. The van der Waals surface area contributed by atoms with Crippen molar-refractivity contribution in [1.82, 2.24) is 5.32 Å². The van der Waals surface area contributed by atoms with E-state index in [0.29, 0.717) is 38.5 Å². The van der Waals surface area contributed by atoms with Crippen LogP contribution in [0, 0.1) is 5.92 Å². The highest BCUT2D eigenvalue weighted by Gasteiger charge is 2.45. The lowest BCUT2D eigenvalue weighted by molar-refractivity contribution is -0.160. The highest BCUT2D eigenvalue weighted by atomic mass is 32.1. The first kappa shape index (κ1) is 16.5. The normalized spacial score (nSPS) is 26.0. The zero-order chi connectivity index (χ0) is 15.3. The molecule has 1 aromatic rings. The van der Waals surface area contributed by atoms with Crippen LogP contribution in [-0.4, -0.2) is 30.8 Å². The van der Waals surface area contributed by atoms with E-state index < -0.39 is 5.54 Å². The van der Waals surface area contributed by atoms with Crippen LogP contribution in [0.25, 0.3) is 0 Å². The summed E-state index contributed by atoms with van der Waals surface area (Å²) in [6.45, 7) is 7.81. The van der Waals surface area contributed by atoms with Crippen LogP contribution in [0.15, 0.2) is 17.5 Å². The van der Waals surface area contributed by atoms with Crippen LogP contribution >= 0.6 is 11.3 Å². The molecule has 2 atom stereocenters. The molecule has 2 rings (SSSR count). The first-order chi connectivity index (χ1) is 10.1. The topological polar surface area (TPSA) is 47.6 Å². The molecule has 1 aliphatic heterocycles. The number of esters is 1. The van der Waals surface area contributed by atoms with E-state index in [1.807, 2.05) is 13.0 Å². The highest BCUT2D eigenvalue weighted by molar-refractivity contribution is 7.09. The van der Waals surface area contributed by atoms with Gasteiger partial charge in [-0.1, -0.05) is 19.9 Å². The summed E-state index contributed by atoms with van der Waals surface area (Å²) in [4.78, 5) is 13.7. The van der Waals surface area contributed by atoms with Gasteiger partial charge < -0.3 is 9.47 Å². The number of nitrogens with one attached hydrogen (secondary N) is 1. The van der Waals surface area contributed by atoms with Gasteiger partial charge >= 0.3 is 5.97 Å². The zero-order valence-electron chi connectivity index (χ0n) is 13.1. The average molecular weight is 311 g/mol. The number of thiophene rings is 1. The Hall–Kier alpha value is -0.910. The fourth-order valence-corrected chi connectivity index (χ4v) is 3.32. The minimum atomic E-state index is -0.618. The second kappa shape index (κ2) is 7.38. The number of ether oxygens (including phenoxy) is 2. The molecule has 2 heterocycles. The largest absolute Gasteiger partial charge is 0.465 e. The van der Waals surface area contributed by atoms with E-state index in [1.54, 1.807) is 11.3 Å². The summed E-state index contributed by atoms with van der Waals surface area (Å²) in [5.41, 5.74) is -0.618. The van der Waals surface area contributed by atoms with Crippen molar-refractivity contribution in [1.29, 1.82) is 0 Å². The van der Waals surface area contributed by atoms with E-state index in [-0.39, 0.29) is 12.1 Å². The Bertz CT molecular complexity index is 446. The third-order valence-electron chi connectivity index (χ3n) is 4.00. The first-order valence-electron chi connectivity index (χ1n) is 7.63. The van der Waals surface area contributed by atoms with Crippen molar-refractivity contribution in [2.24, 2.45) is 5.92 Å². The second-order valence-electron chi connectivity index (χ2n) is 5.84. The monoisotopic (exact) mass is 311 g/mol. The molecule has 0 amide bonds. The SMILES string of the molecule is CCOC(=O)C1(NCc2cccs2)CCOC(C(C)C)C1. The summed E-state index contributed by atoms with van der Waals surface area (Å²) in [6.07, 6.45) is 1.44. The van der Waals surface area contributed by atoms with Gasteiger partial charge in [0.15, 0.2) is 0 Å². The molecule has 21 heavy (non-hydrogen) atoms. The molecule has 0 bridgehead atoms. The molecular weight excluding hydrogens is 286 g/mol. The van der Waals surface area contributed by atoms with Gasteiger partial charge in [-0.3, -0.25) is 10.1 Å². The highest BCUT2D eigenvalue weighted by Crippen LogP contribution is 2.30. The van der Waals surface area contributed by atoms with Crippen LogP contribution < -0.4 is 5.32 Å². The minimum absolute atomic E-state index is 0.0963. The van der Waals surface area contributed by atoms with Crippen LogP contribution in [0.3, 0.4) is 0 Å². The van der Waals surface area contributed by atoms with E-state index in [2.05, 4.69) is 30.6 Å². The summed E-state index contributed by atoms with van der Waals surface area (Å²) in [5, 5.41) is 5.51. The molecule has 0 spiro atoms. The van der Waals surface area contributed by atoms with E-state index in [4.69, 9.17) is 9.47 Å². The molecule has 0 aliphatic carbocycles. The Balaban J connectivity index is 2.11. The van der Waals surface area contributed by atoms with Gasteiger partial charge in [0.2, 0.25) is 0 Å². The molecule has 1 aliphatic rings. The van der Waals surface area contributed by atoms with Gasteiger partial charge in [-0.15, -0.1) is 11.3 Å². The van der Waals surface area contributed by atoms with Crippen LogP contribution in [0.5, 0.6) is 0 Å². The number of hydrogen-bond acceptors (Lipinski definition) is 5. The van der Waals surface area contributed by atoms with Crippen LogP contribution in [0.4, 0.5) is 0 Å². The molecule has 0 aromatic carbocycles. The van der Waals surface area contributed by atoms with Gasteiger partial charge in [0.1, 0.15) is 5.54 Å². The predicted molar refractivity (Wildman–Crippen MR) is 84.3 cm³/mol. The van der Waals surface area contributed by atoms with Crippen LogP contribution in [-0.2, 0) is 20.8 Å². The summed E-state index contributed by atoms with van der Waals surface area (Å²) in [5.74, 6) is 0.248. The molecule has 4 nitrogen and oxygen atoms in total. The Morgan fingerprint density at radius 3 is 3.05 bits per heavy atom. The number of hydrogen-bond donors (Lipinski definition) is 1. The summed E-state index contributed by atoms with van der Waals surface area (Å²) in [6, 6.07) is 4.11. The maximum Gasteiger partial charge on any atom is 0.326 e. The van der Waals surface area contributed by atoms with E-state index in [1.165, 1.54) is 4.88 Å². The van der Waals surface area contributed by atoms with Gasteiger partial charge in [-0.25, -0.2) is 0 Å². The number of rotatable bonds is 6.